The van der Waals surface area contributed by atoms with Gasteiger partial charge in [0.2, 0.25) is 0 Å². The fourth-order valence-electron chi connectivity index (χ4n) is 4.11. The quantitative estimate of drug-likeness (QED) is 0.568. The summed E-state index contributed by atoms with van der Waals surface area (Å²) in [6.45, 7) is 4.71. The number of methoxy groups -OCH3 is 1. The van der Waals surface area contributed by atoms with Gasteiger partial charge in [0, 0.05) is 30.8 Å². The number of halogens is 1. The maximum Gasteiger partial charge on any atom is 0.255 e. The van der Waals surface area contributed by atoms with Gasteiger partial charge in [-0.15, -0.1) is 0 Å². The first-order chi connectivity index (χ1) is 15.8. The van der Waals surface area contributed by atoms with Crippen LogP contribution >= 0.6 is 11.6 Å². The minimum absolute atomic E-state index is 0.0142. The number of carbonyl (C=O) groups is 1. The van der Waals surface area contributed by atoms with Crippen LogP contribution in [0.2, 0.25) is 5.02 Å². The predicted octanol–water partition coefficient (Wildman–Crippen LogP) is 3.18. The van der Waals surface area contributed by atoms with Gasteiger partial charge in [0.1, 0.15) is 0 Å². The van der Waals surface area contributed by atoms with Gasteiger partial charge in [-0.2, -0.15) is 5.10 Å². The standard InChI is InChI=1S/C24H29ClN4O4/c1-24(2)15-28(19(9-10-30)14-33-24)23(31)17-12-20(32-3)22-26-21(27-29(22)13-17)8-7-16-5-4-6-18(25)11-16/h4-6,11-13,19,30H,7-10,14-15H2,1-3H3/t19-/m1/s1. The molecule has 176 valence electrons. The van der Waals surface area contributed by atoms with E-state index in [0.29, 0.717) is 53.8 Å². The highest BCUT2D eigenvalue weighted by atomic mass is 35.5. The molecule has 1 amide bonds. The van der Waals surface area contributed by atoms with Crippen LogP contribution in [-0.2, 0) is 17.6 Å². The van der Waals surface area contributed by atoms with E-state index >= 15 is 0 Å². The van der Waals surface area contributed by atoms with E-state index in [0.717, 1.165) is 12.0 Å². The van der Waals surface area contributed by atoms with Crippen molar-refractivity contribution in [3.8, 4) is 5.75 Å². The Hall–Kier alpha value is -2.68. The van der Waals surface area contributed by atoms with E-state index in [2.05, 4.69) is 10.1 Å². The zero-order valence-electron chi connectivity index (χ0n) is 19.1. The molecule has 0 saturated carbocycles. The normalized spacial score (nSPS) is 18.0. The molecule has 1 aliphatic rings. The average Bonchev–Trinajstić information content (AvgIpc) is 3.21. The highest BCUT2D eigenvalue weighted by Gasteiger charge is 2.37. The minimum atomic E-state index is -0.462. The Morgan fingerprint density at radius 3 is 2.88 bits per heavy atom. The molecule has 1 aliphatic heterocycles. The largest absolute Gasteiger partial charge is 0.493 e. The number of fused-ring (bicyclic) bond motifs is 1. The van der Waals surface area contributed by atoms with Gasteiger partial charge in [-0.25, -0.2) is 9.50 Å². The summed E-state index contributed by atoms with van der Waals surface area (Å²) >= 11 is 6.08. The zero-order valence-corrected chi connectivity index (χ0v) is 19.9. The van der Waals surface area contributed by atoms with Crippen molar-refractivity contribution in [2.75, 3.05) is 26.9 Å². The van der Waals surface area contributed by atoms with E-state index in [1.165, 1.54) is 0 Å². The molecule has 3 aromatic rings. The number of nitrogens with zero attached hydrogens (tertiary/aromatic N) is 4. The van der Waals surface area contributed by atoms with Crippen molar-refractivity contribution >= 4 is 23.2 Å². The molecule has 0 radical (unpaired) electrons. The molecular formula is C24H29ClN4O4. The average molecular weight is 473 g/mol. The number of morpholine rings is 1. The number of pyridine rings is 1. The molecule has 1 fully saturated rings. The number of hydrogen-bond donors (Lipinski definition) is 1. The molecule has 3 heterocycles. The summed E-state index contributed by atoms with van der Waals surface area (Å²) in [7, 11) is 1.55. The van der Waals surface area contributed by atoms with Crippen molar-refractivity contribution in [1.82, 2.24) is 19.5 Å². The highest BCUT2D eigenvalue weighted by molar-refractivity contribution is 6.30. The molecule has 1 saturated heterocycles. The SMILES string of the molecule is COc1cc(C(=O)N2CC(C)(C)OC[C@H]2CCO)cn2nc(CCc3cccc(Cl)c3)nc12. The summed E-state index contributed by atoms with van der Waals surface area (Å²) in [4.78, 5) is 19.9. The lowest BCUT2D eigenvalue weighted by atomic mass is 10.0. The van der Waals surface area contributed by atoms with E-state index in [-0.39, 0.29) is 18.6 Å². The summed E-state index contributed by atoms with van der Waals surface area (Å²) in [6.07, 6.45) is 3.52. The van der Waals surface area contributed by atoms with E-state index < -0.39 is 5.60 Å². The van der Waals surface area contributed by atoms with Crippen LogP contribution in [-0.4, -0.2) is 69.0 Å². The summed E-state index contributed by atoms with van der Waals surface area (Å²) in [5, 5.41) is 14.7. The number of aliphatic hydroxyl groups excluding tert-OH is 1. The molecule has 8 nitrogen and oxygen atoms in total. The van der Waals surface area contributed by atoms with Crippen LogP contribution in [0.25, 0.3) is 5.65 Å². The lowest BCUT2D eigenvalue weighted by Gasteiger charge is -2.43. The molecular weight excluding hydrogens is 444 g/mol. The van der Waals surface area contributed by atoms with Crippen LogP contribution in [0, 0.1) is 0 Å². The number of amides is 1. The van der Waals surface area contributed by atoms with Crippen LogP contribution in [0.4, 0.5) is 0 Å². The first kappa shape index (κ1) is 23.5. The molecule has 33 heavy (non-hydrogen) atoms. The predicted molar refractivity (Wildman–Crippen MR) is 125 cm³/mol. The molecule has 1 atom stereocenters. The fourth-order valence-corrected chi connectivity index (χ4v) is 4.32. The number of carbonyl (C=O) groups excluding carboxylic acids is 1. The Balaban J connectivity index is 1.60. The second-order valence-corrected chi connectivity index (χ2v) is 9.33. The Labute approximate surface area is 198 Å². The van der Waals surface area contributed by atoms with Crippen molar-refractivity contribution < 1.29 is 19.4 Å². The van der Waals surface area contributed by atoms with Gasteiger partial charge in [-0.3, -0.25) is 4.79 Å². The number of aryl methyl sites for hydroxylation is 2. The number of benzene rings is 1. The van der Waals surface area contributed by atoms with Crippen LogP contribution in [0.5, 0.6) is 5.75 Å². The van der Waals surface area contributed by atoms with Crippen molar-refractivity contribution in [3.05, 3.63) is 58.5 Å². The van der Waals surface area contributed by atoms with Gasteiger partial charge in [0.05, 0.1) is 30.9 Å². The van der Waals surface area contributed by atoms with Crippen LogP contribution in [0.15, 0.2) is 36.5 Å². The maximum absolute atomic E-state index is 13.5. The maximum atomic E-state index is 13.5. The van der Waals surface area contributed by atoms with Crippen LogP contribution in [0.3, 0.4) is 0 Å². The van der Waals surface area contributed by atoms with E-state index in [1.54, 1.807) is 28.8 Å². The fraction of sp³-hybridized carbons (Fsp3) is 0.458. The van der Waals surface area contributed by atoms with Gasteiger partial charge in [0.15, 0.2) is 17.2 Å². The molecule has 1 N–H and O–H groups in total. The van der Waals surface area contributed by atoms with E-state index in [9.17, 15) is 9.90 Å². The number of aromatic nitrogens is 3. The lowest BCUT2D eigenvalue weighted by molar-refractivity contribution is -0.105. The van der Waals surface area contributed by atoms with Crippen molar-refractivity contribution in [2.45, 2.75) is 44.8 Å². The third-order valence-corrected chi connectivity index (χ3v) is 6.05. The number of aliphatic hydroxyl groups is 1. The molecule has 0 aliphatic carbocycles. The van der Waals surface area contributed by atoms with E-state index in [1.807, 2.05) is 38.1 Å². The van der Waals surface area contributed by atoms with Gasteiger partial charge in [-0.05, 0) is 50.5 Å². The monoisotopic (exact) mass is 472 g/mol. The van der Waals surface area contributed by atoms with Gasteiger partial charge in [-0.1, -0.05) is 23.7 Å². The molecule has 2 aromatic heterocycles. The van der Waals surface area contributed by atoms with Crippen LogP contribution in [0.1, 0.15) is 42.0 Å². The molecule has 0 spiro atoms. The Morgan fingerprint density at radius 1 is 1.33 bits per heavy atom. The van der Waals surface area contributed by atoms with Crippen molar-refractivity contribution in [3.63, 3.8) is 0 Å². The molecule has 1 aromatic carbocycles. The zero-order chi connectivity index (χ0) is 23.6. The Bertz CT molecular complexity index is 1150. The van der Waals surface area contributed by atoms with Crippen molar-refractivity contribution in [2.24, 2.45) is 0 Å². The van der Waals surface area contributed by atoms with Gasteiger partial charge >= 0.3 is 0 Å². The molecule has 4 rings (SSSR count). The third kappa shape index (κ3) is 5.29. The van der Waals surface area contributed by atoms with E-state index in [4.69, 9.17) is 21.1 Å². The second kappa shape index (κ2) is 9.67. The molecule has 0 bridgehead atoms. The van der Waals surface area contributed by atoms with Gasteiger partial charge < -0.3 is 19.5 Å². The topological polar surface area (TPSA) is 89.2 Å². The number of rotatable bonds is 7. The first-order valence-corrected chi connectivity index (χ1v) is 11.4. The molecule has 9 heteroatoms. The summed E-state index contributed by atoms with van der Waals surface area (Å²) in [5.41, 5.74) is 1.65. The van der Waals surface area contributed by atoms with Crippen molar-refractivity contribution in [1.29, 1.82) is 0 Å². The number of hydrogen-bond acceptors (Lipinski definition) is 6. The van der Waals surface area contributed by atoms with Crippen LogP contribution < -0.4 is 4.74 Å². The Morgan fingerprint density at radius 2 is 2.15 bits per heavy atom. The third-order valence-electron chi connectivity index (χ3n) is 5.82. The second-order valence-electron chi connectivity index (χ2n) is 8.89. The summed E-state index contributed by atoms with van der Waals surface area (Å²) in [6, 6.07) is 9.23. The minimum Gasteiger partial charge on any atom is -0.493 e. The first-order valence-electron chi connectivity index (χ1n) is 11.0. The summed E-state index contributed by atoms with van der Waals surface area (Å²) in [5.74, 6) is 0.984. The summed E-state index contributed by atoms with van der Waals surface area (Å²) < 4.78 is 13.0. The highest BCUT2D eigenvalue weighted by Crippen LogP contribution is 2.27. The van der Waals surface area contributed by atoms with Gasteiger partial charge in [0.25, 0.3) is 5.91 Å². The Kier molecular flexibility index (Phi) is 6.88. The lowest BCUT2D eigenvalue weighted by Crippen LogP contribution is -2.56. The molecule has 0 unspecified atom stereocenters. The smallest absolute Gasteiger partial charge is 0.255 e. The number of ether oxygens (including phenoxy) is 2.